The third-order valence-electron chi connectivity index (χ3n) is 5.38. The van der Waals surface area contributed by atoms with E-state index < -0.39 is 0 Å². The van der Waals surface area contributed by atoms with Crippen LogP contribution in [0.2, 0.25) is 0 Å². The van der Waals surface area contributed by atoms with Crippen molar-refractivity contribution in [2.24, 2.45) is 4.99 Å². The van der Waals surface area contributed by atoms with Crippen molar-refractivity contribution in [1.82, 2.24) is 25.4 Å². The highest BCUT2D eigenvalue weighted by molar-refractivity contribution is 5.80. The highest BCUT2D eigenvalue weighted by atomic mass is 16.5. The Morgan fingerprint density at radius 2 is 1.64 bits per heavy atom. The van der Waals surface area contributed by atoms with Crippen LogP contribution in [0.1, 0.15) is 16.7 Å². The van der Waals surface area contributed by atoms with Crippen LogP contribution in [0.5, 0.6) is 5.75 Å². The van der Waals surface area contributed by atoms with E-state index in [1.54, 1.807) is 26.8 Å². The first-order valence-corrected chi connectivity index (χ1v) is 10.8. The summed E-state index contributed by atoms with van der Waals surface area (Å²) in [5.74, 6) is 1.60. The first-order chi connectivity index (χ1) is 16.2. The van der Waals surface area contributed by atoms with Crippen molar-refractivity contribution in [2.45, 2.75) is 19.6 Å². The Bertz CT molecular complexity index is 1170. The molecular weight excluding hydrogens is 412 g/mol. The van der Waals surface area contributed by atoms with E-state index in [1.165, 1.54) is 22.3 Å². The minimum absolute atomic E-state index is 0.666. The number of benzene rings is 3. The number of hydrogen-bond acceptors (Lipinski definition) is 4. The van der Waals surface area contributed by atoms with E-state index in [9.17, 15) is 0 Å². The van der Waals surface area contributed by atoms with Gasteiger partial charge in [0.15, 0.2) is 5.96 Å². The number of nitrogens with one attached hydrogen (secondary N) is 2. The number of rotatable bonds is 8. The van der Waals surface area contributed by atoms with Gasteiger partial charge in [0.2, 0.25) is 0 Å². The lowest BCUT2D eigenvalue weighted by molar-refractivity contribution is 0.414. The van der Waals surface area contributed by atoms with E-state index in [0.29, 0.717) is 19.6 Å². The average Bonchev–Trinajstić information content (AvgIpc) is 3.38. The molecule has 0 fully saturated rings. The molecule has 0 amide bonds. The number of methoxy groups -OCH3 is 1. The zero-order valence-electron chi connectivity index (χ0n) is 18.9. The van der Waals surface area contributed by atoms with Gasteiger partial charge in [0.25, 0.3) is 0 Å². The second-order valence-electron chi connectivity index (χ2n) is 7.57. The van der Waals surface area contributed by atoms with E-state index >= 15 is 0 Å². The molecule has 4 rings (SSSR count). The number of aromatic nitrogens is 3. The van der Waals surface area contributed by atoms with Gasteiger partial charge in [-0.15, -0.1) is 0 Å². The van der Waals surface area contributed by atoms with Gasteiger partial charge in [0, 0.05) is 20.1 Å². The number of ether oxygens (including phenoxy) is 1. The first kappa shape index (κ1) is 22.1. The molecule has 0 radical (unpaired) electrons. The van der Waals surface area contributed by atoms with Gasteiger partial charge in [-0.05, 0) is 39.9 Å². The third-order valence-corrected chi connectivity index (χ3v) is 5.38. The van der Waals surface area contributed by atoms with Crippen molar-refractivity contribution < 1.29 is 4.74 Å². The number of hydrogen-bond donors (Lipinski definition) is 2. The summed E-state index contributed by atoms with van der Waals surface area (Å²) in [5, 5.41) is 11.0. The van der Waals surface area contributed by atoms with E-state index in [2.05, 4.69) is 74.2 Å². The summed E-state index contributed by atoms with van der Waals surface area (Å²) in [7, 11) is 3.45. The zero-order valence-corrected chi connectivity index (χ0v) is 18.9. The number of nitrogens with zero attached hydrogens (tertiary/aromatic N) is 4. The summed E-state index contributed by atoms with van der Waals surface area (Å²) in [6, 6.07) is 25.0. The summed E-state index contributed by atoms with van der Waals surface area (Å²) in [4.78, 5) is 8.36. The van der Waals surface area contributed by atoms with Crippen LogP contribution in [-0.2, 0) is 19.6 Å². The molecule has 4 aromatic rings. The van der Waals surface area contributed by atoms with Gasteiger partial charge in [-0.3, -0.25) is 4.99 Å². The van der Waals surface area contributed by atoms with Gasteiger partial charge >= 0.3 is 0 Å². The second-order valence-corrected chi connectivity index (χ2v) is 7.57. The van der Waals surface area contributed by atoms with Crippen molar-refractivity contribution in [2.75, 3.05) is 14.2 Å². The molecule has 1 aromatic heterocycles. The Balaban J connectivity index is 1.38. The normalized spacial score (nSPS) is 11.3. The van der Waals surface area contributed by atoms with Crippen molar-refractivity contribution in [3.63, 3.8) is 0 Å². The number of aliphatic imine (C=N–C) groups is 1. The highest BCUT2D eigenvalue weighted by Gasteiger charge is 2.07. The van der Waals surface area contributed by atoms with E-state index in [1.807, 2.05) is 28.9 Å². The lowest BCUT2D eigenvalue weighted by Gasteiger charge is -2.15. The minimum atomic E-state index is 0.666. The molecule has 0 spiro atoms. The molecule has 0 bridgehead atoms. The van der Waals surface area contributed by atoms with E-state index in [-0.39, 0.29) is 0 Å². The Morgan fingerprint density at radius 1 is 0.909 bits per heavy atom. The SMILES string of the molecule is CN=C(NCc1ccc(OC)cc1)NCc1ccccc1-c1ccc(Cn2cncn2)cc1. The summed E-state index contributed by atoms with van der Waals surface area (Å²) >= 11 is 0. The molecule has 0 aliphatic heterocycles. The Hall–Kier alpha value is -4.13. The monoisotopic (exact) mass is 440 g/mol. The highest BCUT2D eigenvalue weighted by Crippen LogP contribution is 2.24. The maximum Gasteiger partial charge on any atom is 0.191 e. The zero-order chi connectivity index (χ0) is 22.9. The van der Waals surface area contributed by atoms with E-state index in [4.69, 9.17) is 4.74 Å². The van der Waals surface area contributed by atoms with E-state index in [0.717, 1.165) is 17.3 Å². The van der Waals surface area contributed by atoms with Gasteiger partial charge in [0.05, 0.1) is 13.7 Å². The fourth-order valence-electron chi connectivity index (χ4n) is 3.58. The predicted molar refractivity (Wildman–Crippen MR) is 131 cm³/mol. The van der Waals surface area contributed by atoms with Gasteiger partial charge < -0.3 is 15.4 Å². The third kappa shape index (κ3) is 5.98. The molecular formula is C26H28N6O. The Labute approximate surface area is 194 Å². The predicted octanol–water partition coefficient (Wildman–Crippen LogP) is 3.87. The maximum atomic E-state index is 5.22. The summed E-state index contributed by atoms with van der Waals surface area (Å²) in [6.45, 7) is 2.05. The maximum absolute atomic E-state index is 5.22. The van der Waals surface area contributed by atoms with Gasteiger partial charge in [-0.2, -0.15) is 5.10 Å². The second kappa shape index (κ2) is 10.9. The molecule has 0 saturated carbocycles. The molecule has 2 N–H and O–H groups in total. The van der Waals surface area contributed by atoms with Gasteiger partial charge in [0.1, 0.15) is 18.4 Å². The topological polar surface area (TPSA) is 76.4 Å². The molecule has 0 saturated heterocycles. The minimum Gasteiger partial charge on any atom is -0.497 e. The smallest absolute Gasteiger partial charge is 0.191 e. The number of guanidine groups is 1. The fourth-order valence-corrected chi connectivity index (χ4v) is 3.58. The van der Waals surface area contributed by atoms with Crippen molar-refractivity contribution >= 4 is 5.96 Å². The molecule has 7 heteroatoms. The van der Waals surface area contributed by atoms with Crippen molar-refractivity contribution in [3.8, 4) is 16.9 Å². The molecule has 0 aliphatic rings. The average molecular weight is 441 g/mol. The molecule has 7 nitrogen and oxygen atoms in total. The van der Waals surface area contributed by atoms with Gasteiger partial charge in [-0.25, -0.2) is 9.67 Å². The molecule has 0 aliphatic carbocycles. The molecule has 168 valence electrons. The van der Waals surface area contributed by atoms with Crippen molar-refractivity contribution in [1.29, 1.82) is 0 Å². The largest absolute Gasteiger partial charge is 0.497 e. The summed E-state index contributed by atoms with van der Waals surface area (Å²) in [5.41, 5.74) is 5.92. The molecule has 0 unspecified atom stereocenters. The van der Waals surface area contributed by atoms with Crippen LogP contribution in [0.4, 0.5) is 0 Å². The Morgan fingerprint density at radius 3 is 2.33 bits per heavy atom. The van der Waals surface area contributed by atoms with Gasteiger partial charge in [-0.1, -0.05) is 60.7 Å². The molecule has 1 heterocycles. The first-order valence-electron chi connectivity index (χ1n) is 10.8. The van der Waals surface area contributed by atoms with Crippen LogP contribution in [-0.4, -0.2) is 34.9 Å². The fraction of sp³-hybridized carbons (Fsp3) is 0.192. The molecule has 33 heavy (non-hydrogen) atoms. The van der Waals surface area contributed by atoms with Crippen LogP contribution in [0, 0.1) is 0 Å². The lowest BCUT2D eigenvalue weighted by Crippen LogP contribution is -2.36. The molecule has 3 aromatic carbocycles. The quantitative estimate of drug-likeness (QED) is 0.321. The Kier molecular flexibility index (Phi) is 7.33. The van der Waals surface area contributed by atoms with Crippen LogP contribution in [0.3, 0.4) is 0 Å². The lowest BCUT2D eigenvalue weighted by atomic mass is 9.98. The standard InChI is InChI=1S/C26H28N6O/c1-27-26(29-15-20-9-13-24(33-2)14-10-20)30-16-23-5-3-4-6-25(23)22-11-7-21(8-12-22)17-32-19-28-18-31-32/h3-14,18-19H,15-17H2,1-2H3,(H2,27,29,30). The summed E-state index contributed by atoms with van der Waals surface area (Å²) in [6.07, 6.45) is 3.28. The van der Waals surface area contributed by atoms with Crippen molar-refractivity contribution in [3.05, 3.63) is 102 Å². The van der Waals surface area contributed by atoms with Crippen LogP contribution < -0.4 is 15.4 Å². The molecule has 0 atom stereocenters. The summed E-state index contributed by atoms with van der Waals surface area (Å²) < 4.78 is 7.03. The van der Waals surface area contributed by atoms with Crippen LogP contribution >= 0.6 is 0 Å². The van der Waals surface area contributed by atoms with Crippen LogP contribution in [0.25, 0.3) is 11.1 Å². The van der Waals surface area contributed by atoms with Crippen LogP contribution in [0.15, 0.2) is 90.4 Å².